The van der Waals surface area contributed by atoms with Crippen molar-refractivity contribution in [3.8, 4) is 11.5 Å². The summed E-state index contributed by atoms with van der Waals surface area (Å²) in [7, 11) is 0. The molecule has 0 saturated heterocycles. The van der Waals surface area contributed by atoms with Gasteiger partial charge in [-0.15, -0.1) is 0 Å². The predicted molar refractivity (Wildman–Crippen MR) is 158 cm³/mol. The van der Waals surface area contributed by atoms with Gasteiger partial charge in [-0.2, -0.15) is 0 Å². The maximum absolute atomic E-state index is 11.5. The Hall–Kier alpha value is -4.03. The predicted octanol–water partition coefficient (Wildman–Crippen LogP) is 2.23. The van der Waals surface area contributed by atoms with Crippen molar-refractivity contribution in [2.24, 2.45) is 22.2 Å². The number of guanidine groups is 1. The quantitative estimate of drug-likeness (QED) is 0.134. The number of fused-ring (bicyclic) bond motifs is 1. The molecule has 3 rings (SSSR count). The minimum atomic E-state index is -1.00. The molecule has 1 aliphatic heterocycles. The van der Waals surface area contributed by atoms with Gasteiger partial charge in [0.05, 0.1) is 24.4 Å². The highest BCUT2D eigenvalue weighted by molar-refractivity contribution is 5.75. The molecule has 0 radical (unpaired) electrons. The van der Waals surface area contributed by atoms with Crippen LogP contribution in [0.2, 0.25) is 0 Å². The largest absolute Gasteiger partial charge is 0.492 e. The van der Waals surface area contributed by atoms with Gasteiger partial charge in [0.1, 0.15) is 30.8 Å². The first kappa shape index (κ1) is 33.2. The lowest BCUT2D eigenvalue weighted by atomic mass is 10.1. The number of benzene rings is 2. The van der Waals surface area contributed by atoms with E-state index in [4.69, 9.17) is 36.5 Å². The van der Waals surface area contributed by atoms with Crippen LogP contribution in [-0.4, -0.2) is 78.7 Å². The van der Waals surface area contributed by atoms with Crippen molar-refractivity contribution in [3.05, 3.63) is 54.1 Å². The Bertz CT molecular complexity index is 1130. The zero-order chi connectivity index (χ0) is 30.4. The molecule has 12 nitrogen and oxygen atoms in total. The zero-order valence-corrected chi connectivity index (χ0v) is 24.0. The lowest BCUT2D eigenvalue weighted by Gasteiger charge is -2.31. The standard InChI is InChI=1S/C23H29NO5.C6H14N4O2/c1-23(2,3)29-21(22(25)26)16-17-8-10-18(11-9-17)27-14-12-24-13-15-28-20-7-5-4-6-19(20)24;7-4(5(11)12)2-1-3-10-6(8)9/h4-11,21H,12-16H2,1-3H3,(H,25,26);4H,1-3,7H2,(H,11,12)(H4,8,9,10)/t21-;/m0./s1. The zero-order valence-electron chi connectivity index (χ0n) is 24.0. The van der Waals surface area contributed by atoms with Gasteiger partial charge in [0.2, 0.25) is 0 Å². The number of aliphatic carboxylic acids is 2. The Labute approximate surface area is 241 Å². The first-order valence-electron chi connectivity index (χ1n) is 13.5. The SMILES string of the molecule is CC(C)(C)O[C@@H](Cc1ccc(OCCN2CCOc3ccccc32)cc1)C(=O)O.NC(N)=NCCCC(N)C(=O)O. The van der Waals surface area contributed by atoms with E-state index in [1.165, 1.54) is 0 Å². The molecule has 1 aliphatic rings. The van der Waals surface area contributed by atoms with E-state index in [0.29, 0.717) is 39.0 Å². The van der Waals surface area contributed by atoms with Crippen LogP contribution in [0.15, 0.2) is 53.5 Å². The summed E-state index contributed by atoms with van der Waals surface area (Å²) in [5.41, 5.74) is 16.8. The Kier molecular flexibility index (Phi) is 13.2. The molecule has 0 aromatic heterocycles. The second-order valence-electron chi connectivity index (χ2n) is 10.5. The summed E-state index contributed by atoms with van der Waals surface area (Å²) >= 11 is 0. The molecule has 2 atom stereocenters. The molecular formula is C29H43N5O7. The minimum Gasteiger partial charge on any atom is -0.492 e. The normalized spacial score (nSPS) is 13.9. The number of nitrogens with zero attached hydrogens (tertiary/aromatic N) is 2. The third-order valence-corrected chi connectivity index (χ3v) is 5.86. The number of nitrogens with two attached hydrogens (primary N) is 3. The number of carboxylic acid groups (broad SMARTS) is 2. The maximum Gasteiger partial charge on any atom is 0.333 e. The van der Waals surface area contributed by atoms with Gasteiger partial charge >= 0.3 is 11.9 Å². The van der Waals surface area contributed by atoms with Crippen molar-refractivity contribution >= 4 is 23.6 Å². The Morgan fingerprint density at radius 1 is 1.07 bits per heavy atom. The van der Waals surface area contributed by atoms with Gasteiger partial charge in [0.15, 0.2) is 12.1 Å². The number of rotatable bonds is 13. The van der Waals surface area contributed by atoms with Gasteiger partial charge in [-0.1, -0.05) is 24.3 Å². The summed E-state index contributed by atoms with van der Waals surface area (Å²) in [6, 6.07) is 14.7. The van der Waals surface area contributed by atoms with E-state index in [9.17, 15) is 14.7 Å². The molecule has 0 aliphatic carbocycles. The lowest BCUT2D eigenvalue weighted by Crippen LogP contribution is -2.35. The van der Waals surface area contributed by atoms with Gasteiger partial charge in [-0.3, -0.25) is 9.79 Å². The van der Waals surface area contributed by atoms with E-state index in [1.54, 1.807) is 0 Å². The third kappa shape index (κ3) is 12.8. The summed E-state index contributed by atoms with van der Waals surface area (Å²) < 4.78 is 17.2. The lowest BCUT2D eigenvalue weighted by molar-refractivity contribution is -0.159. The minimum absolute atomic E-state index is 0.0129. The molecule has 0 spiro atoms. The van der Waals surface area contributed by atoms with Crippen molar-refractivity contribution in [1.29, 1.82) is 0 Å². The van der Waals surface area contributed by atoms with Gasteiger partial charge in [-0.25, -0.2) is 4.79 Å². The van der Waals surface area contributed by atoms with Gasteiger partial charge in [0, 0.05) is 13.0 Å². The van der Waals surface area contributed by atoms with E-state index in [2.05, 4.69) is 16.0 Å². The Balaban J connectivity index is 0.000000415. The van der Waals surface area contributed by atoms with Gasteiger partial charge in [0.25, 0.3) is 0 Å². The van der Waals surface area contributed by atoms with E-state index in [1.807, 2.05) is 63.2 Å². The van der Waals surface area contributed by atoms with E-state index in [0.717, 1.165) is 35.8 Å². The van der Waals surface area contributed by atoms with Crippen molar-refractivity contribution < 1.29 is 34.0 Å². The molecule has 1 heterocycles. The van der Waals surface area contributed by atoms with E-state index in [-0.39, 0.29) is 5.96 Å². The second kappa shape index (κ2) is 16.3. The molecule has 41 heavy (non-hydrogen) atoms. The summed E-state index contributed by atoms with van der Waals surface area (Å²) in [6.07, 6.45) is 0.401. The molecule has 226 valence electrons. The number of carbonyl (C=O) groups is 2. The molecule has 0 bridgehead atoms. The summed E-state index contributed by atoms with van der Waals surface area (Å²) in [4.78, 5) is 27.6. The van der Waals surface area contributed by atoms with Crippen LogP contribution < -0.4 is 31.6 Å². The van der Waals surface area contributed by atoms with Crippen LogP contribution in [-0.2, 0) is 20.7 Å². The fourth-order valence-electron chi connectivity index (χ4n) is 3.92. The Morgan fingerprint density at radius 3 is 2.37 bits per heavy atom. The fourth-order valence-corrected chi connectivity index (χ4v) is 3.92. The number of hydrogen-bond donors (Lipinski definition) is 5. The molecular weight excluding hydrogens is 530 g/mol. The third-order valence-electron chi connectivity index (χ3n) is 5.86. The van der Waals surface area contributed by atoms with Crippen molar-refractivity contribution in [2.45, 2.75) is 57.8 Å². The van der Waals surface area contributed by atoms with Crippen LogP contribution in [0.1, 0.15) is 39.2 Å². The number of anilines is 1. The molecule has 8 N–H and O–H groups in total. The average Bonchev–Trinajstić information content (AvgIpc) is 2.91. The van der Waals surface area contributed by atoms with Crippen LogP contribution >= 0.6 is 0 Å². The summed E-state index contributed by atoms with van der Waals surface area (Å²) in [5, 5.41) is 17.8. The maximum atomic E-state index is 11.5. The number of para-hydroxylation sites is 2. The highest BCUT2D eigenvalue weighted by atomic mass is 16.5. The Morgan fingerprint density at radius 2 is 1.76 bits per heavy atom. The molecule has 0 saturated carbocycles. The molecule has 0 fully saturated rings. The van der Waals surface area contributed by atoms with Crippen molar-refractivity contribution in [3.63, 3.8) is 0 Å². The molecule has 0 amide bonds. The van der Waals surface area contributed by atoms with E-state index >= 15 is 0 Å². The topological polar surface area (TPSA) is 196 Å². The molecule has 2 aromatic rings. The van der Waals surface area contributed by atoms with E-state index < -0.39 is 29.7 Å². The van der Waals surface area contributed by atoms with Crippen LogP contribution in [0.3, 0.4) is 0 Å². The van der Waals surface area contributed by atoms with Crippen LogP contribution in [0.25, 0.3) is 0 Å². The average molecular weight is 574 g/mol. The van der Waals surface area contributed by atoms with Crippen molar-refractivity contribution in [1.82, 2.24) is 0 Å². The smallest absolute Gasteiger partial charge is 0.333 e. The summed E-state index contributed by atoms with van der Waals surface area (Å²) in [5.74, 6) is -0.267. The molecule has 12 heteroatoms. The highest BCUT2D eigenvalue weighted by Crippen LogP contribution is 2.30. The highest BCUT2D eigenvalue weighted by Gasteiger charge is 2.25. The number of carboxylic acids is 2. The monoisotopic (exact) mass is 573 g/mol. The first-order valence-corrected chi connectivity index (χ1v) is 13.5. The first-order chi connectivity index (χ1) is 19.4. The number of hydrogen-bond acceptors (Lipinski definition) is 8. The number of ether oxygens (including phenoxy) is 3. The fraction of sp³-hybridized carbons (Fsp3) is 0.483. The second-order valence-corrected chi connectivity index (χ2v) is 10.5. The van der Waals surface area contributed by atoms with Crippen LogP contribution in [0.5, 0.6) is 11.5 Å². The molecule has 1 unspecified atom stereocenters. The van der Waals surface area contributed by atoms with Crippen LogP contribution in [0, 0.1) is 0 Å². The van der Waals surface area contributed by atoms with Crippen molar-refractivity contribution in [2.75, 3.05) is 37.7 Å². The van der Waals surface area contributed by atoms with Gasteiger partial charge in [-0.05, 0) is 63.4 Å². The van der Waals surface area contributed by atoms with Gasteiger partial charge < -0.3 is 46.5 Å². The summed E-state index contributed by atoms with van der Waals surface area (Å²) in [6.45, 7) is 8.81. The van der Waals surface area contributed by atoms with Crippen LogP contribution in [0.4, 0.5) is 5.69 Å². The number of aliphatic imine (C=N–C) groups is 1. The molecule has 2 aromatic carbocycles.